The molecular weight excluding hydrogens is 248 g/mol. The van der Waals surface area contributed by atoms with Gasteiger partial charge in [-0.1, -0.05) is 13.8 Å². The molecule has 0 aliphatic rings. The zero-order chi connectivity index (χ0) is 14.6. The molecule has 1 atom stereocenters. The second kappa shape index (κ2) is 6.19. The number of nitrogens with two attached hydrogens (primary N) is 1. The highest BCUT2D eigenvalue weighted by Crippen LogP contribution is 2.24. The Labute approximate surface area is 111 Å². The molecule has 19 heavy (non-hydrogen) atoms. The number of carboxylic acid groups (broad SMARTS) is 1. The number of carbonyl (C=O) groups excluding carboxylic acids is 1. The van der Waals surface area contributed by atoms with Crippen LogP contribution in [0.25, 0.3) is 0 Å². The summed E-state index contributed by atoms with van der Waals surface area (Å²) in [6, 6.07) is 2.96. The molecule has 1 rings (SSSR count). The maximum atomic E-state index is 11.8. The highest BCUT2D eigenvalue weighted by molar-refractivity contribution is 5.97. The van der Waals surface area contributed by atoms with Crippen molar-refractivity contribution in [1.29, 1.82) is 0 Å². The maximum Gasteiger partial charge on any atom is 0.335 e. The predicted molar refractivity (Wildman–Crippen MR) is 71.1 cm³/mol. The van der Waals surface area contributed by atoms with E-state index in [1.807, 2.05) is 13.8 Å². The van der Waals surface area contributed by atoms with E-state index in [0.717, 1.165) is 0 Å². The van der Waals surface area contributed by atoms with Gasteiger partial charge in [0.25, 0.3) is 0 Å². The van der Waals surface area contributed by atoms with Crippen LogP contribution in [0.3, 0.4) is 0 Å². The van der Waals surface area contributed by atoms with E-state index >= 15 is 0 Å². The molecule has 1 aromatic rings. The number of benzene rings is 1. The molecule has 104 valence electrons. The summed E-state index contributed by atoms with van der Waals surface area (Å²) >= 11 is 0. The first-order valence-corrected chi connectivity index (χ1v) is 5.94. The van der Waals surface area contributed by atoms with Gasteiger partial charge in [0, 0.05) is 0 Å². The fraction of sp³-hybridized carbons (Fsp3) is 0.385. The van der Waals surface area contributed by atoms with Crippen LogP contribution < -0.4 is 11.1 Å². The Morgan fingerprint density at radius 1 is 1.37 bits per heavy atom. The Morgan fingerprint density at radius 3 is 2.53 bits per heavy atom. The van der Waals surface area contributed by atoms with Gasteiger partial charge in [0.2, 0.25) is 5.91 Å². The van der Waals surface area contributed by atoms with Crippen LogP contribution in [0.1, 0.15) is 30.6 Å². The van der Waals surface area contributed by atoms with Crippen molar-refractivity contribution < 1.29 is 19.8 Å². The minimum Gasteiger partial charge on any atom is -0.506 e. The molecule has 0 saturated heterocycles. The second-order valence-corrected chi connectivity index (χ2v) is 4.76. The highest BCUT2D eigenvalue weighted by atomic mass is 16.4. The van der Waals surface area contributed by atoms with Gasteiger partial charge >= 0.3 is 5.97 Å². The largest absolute Gasteiger partial charge is 0.506 e. The molecule has 1 unspecified atom stereocenters. The quantitative estimate of drug-likeness (QED) is 0.602. The standard InChI is InChI=1S/C13H18N2O4/c1-7(2)5-9(14)12(17)15-10-6-8(13(18)19)3-4-11(10)16/h3-4,6-7,9,16H,5,14H2,1-2H3,(H,15,17)(H,18,19). The number of hydrogen-bond donors (Lipinski definition) is 4. The van der Waals surface area contributed by atoms with Crippen molar-refractivity contribution in [2.24, 2.45) is 11.7 Å². The van der Waals surface area contributed by atoms with E-state index in [2.05, 4.69) is 5.32 Å². The lowest BCUT2D eigenvalue weighted by atomic mass is 10.0. The zero-order valence-electron chi connectivity index (χ0n) is 10.9. The summed E-state index contributed by atoms with van der Waals surface area (Å²) in [5.41, 5.74) is 5.73. The van der Waals surface area contributed by atoms with Gasteiger partial charge in [0.05, 0.1) is 17.3 Å². The van der Waals surface area contributed by atoms with Crippen LogP contribution in [0.15, 0.2) is 18.2 Å². The molecule has 0 saturated carbocycles. The minimum absolute atomic E-state index is 0.0227. The third-order valence-electron chi connectivity index (χ3n) is 2.56. The number of phenols is 1. The number of carbonyl (C=O) groups is 2. The Bertz CT molecular complexity index is 486. The first-order valence-electron chi connectivity index (χ1n) is 5.94. The van der Waals surface area contributed by atoms with Crippen LogP contribution >= 0.6 is 0 Å². The molecule has 0 aromatic heterocycles. The first-order chi connectivity index (χ1) is 8.81. The Balaban J connectivity index is 2.84. The number of amides is 1. The van der Waals surface area contributed by atoms with Crippen LogP contribution in [-0.4, -0.2) is 28.1 Å². The normalized spacial score (nSPS) is 12.2. The van der Waals surface area contributed by atoms with Gasteiger partial charge in [0.1, 0.15) is 5.75 Å². The van der Waals surface area contributed by atoms with Crippen LogP contribution in [0.2, 0.25) is 0 Å². The summed E-state index contributed by atoms with van der Waals surface area (Å²) < 4.78 is 0. The van der Waals surface area contributed by atoms with Gasteiger partial charge in [0.15, 0.2) is 0 Å². The summed E-state index contributed by atoms with van der Waals surface area (Å²) in [7, 11) is 0. The molecule has 0 heterocycles. The van der Waals surface area contributed by atoms with Crippen molar-refractivity contribution in [3.8, 4) is 5.75 Å². The van der Waals surface area contributed by atoms with Gasteiger partial charge in [-0.25, -0.2) is 4.79 Å². The lowest BCUT2D eigenvalue weighted by Crippen LogP contribution is -2.36. The van der Waals surface area contributed by atoms with Crippen molar-refractivity contribution in [3.63, 3.8) is 0 Å². The third kappa shape index (κ3) is 4.26. The lowest BCUT2D eigenvalue weighted by Gasteiger charge is -2.15. The smallest absolute Gasteiger partial charge is 0.335 e. The molecule has 5 N–H and O–H groups in total. The molecule has 0 aliphatic carbocycles. The minimum atomic E-state index is -1.14. The molecule has 0 aliphatic heterocycles. The topological polar surface area (TPSA) is 113 Å². The lowest BCUT2D eigenvalue weighted by molar-refractivity contribution is -0.117. The molecule has 6 heteroatoms. The number of rotatable bonds is 5. The van der Waals surface area contributed by atoms with Gasteiger partial charge < -0.3 is 21.3 Å². The zero-order valence-corrected chi connectivity index (χ0v) is 10.9. The van der Waals surface area contributed by atoms with Crippen LogP contribution in [0.5, 0.6) is 5.75 Å². The molecule has 0 spiro atoms. The average molecular weight is 266 g/mol. The van der Waals surface area contributed by atoms with Crippen LogP contribution in [0.4, 0.5) is 5.69 Å². The van der Waals surface area contributed by atoms with Gasteiger partial charge in [-0.2, -0.15) is 0 Å². The SMILES string of the molecule is CC(C)CC(N)C(=O)Nc1cc(C(=O)O)ccc1O. The van der Waals surface area contributed by atoms with E-state index in [9.17, 15) is 14.7 Å². The molecule has 1 aromatic carbocycles. The van der Waals surface area contributed by atoms with E-state index < -0.39 is 17.9 Å². The number of phenolic OH excluding ortho intramolecular Hbond substituents is 1. The van der Waals surface area contributed by atoms with Gasteiger partial charge in [-0.3, -0.25) is 4.79 Å². The van der Waals surface area contributed by atoms with E-state index in [4.69, 9.17) is 10.8 Å². The highest BCUT2D eigenvalue weighted by Gasteiger charge is 2.17. The van der Waals surface area contributed by atoms with E-state index in [1.54, 1.807) is 0 Å². The number of aromatic hydroxyl groups is 1. The summed E-state index contributed by atoms with van der Waals surface area (Å²) in [6.07, 6.45) is 0.505. The molecule has 0 radical (unpaired) electrons. The van der Waals surface area contributed by atoms with Crippen molar-refractivity contribution in [2.45, 2.75) is 26.3 Å². The monoisotopic (exact) mass is 266 g/mol. The van der Waals surface area contributed by atoms with E-state index in [1.165, 1.54) is 18.2 Å². The van der Waals surface area contributed by atoms with Crippen LogP contribution in [-0.2, 0) is 4.79 Å². The van der Waals surface area contributed by atoms with Crippen LogP contribution in [0, 0.1) is 5.92 Å². The third-order valence-corrected chi connectivity index (χ3v) is 2.56. The predicted octanol–water partition coefficient (Wildman–Crippen LogP) is 1.40. The molecule has 0 bridgehead atoms. The summed E-state index contributed by atoms with van der Waals surface area (Å²) in [5, 5.41) is 20.9. The number of hydrogen-bond acceptors (Lipinski definition) is 4. The van der Waals surface area contributed by atoms with E-state index in [0.29, 0.717) is 6.42 Å². The van der Waals surface area contributed by atoms with Gasteiger partial charge in [-0.05, 0) is 30.5 Å². The number of nitrogens with one attached hydrogen (secondary N) is 1. The number of aromatic carboxylic acids is 1. The summed E-state index contributed by atoms with van der Waals surface area (Å²) in [4.78, 5) is 22.6. The Kier molecular flexibility index (Phi) is 4.88. The number of carboxylic acids is 1. The fourth-order valence-electron chi connectivity index (χ4n) is 1.61. The molecule has 1 amide bonds. The van der Waals surface area contributed by atoms with Gasteiger partial charge in [-0.15, -0.1) is 0 Å². The fourth-order valence-corrected chi connectivity index (χ4v) is 1.61. The Hall–Kier alpha value is -2.08. The van der Waals surface area contributed by atoms with E-state index in [-0.39, 0.29) is 22.9 Å². The molecular formula is C13H18N2O4. The average Bonchev–Trinajstić information content (AvgIpc) is 2.30. The van der Waals surface area contributed by atoms with Crippen molar-refractivity contribution >= 4 is 17.6 Å². The second-order valence-electron chi connectivity index (χ2n) is 4.76. The number of anilines is 1. The van der Waals surface area contributed by atoms with Crippen molar-refractivity contribution in [1.82, 2.24) is 0 Å². The maximum absolute atomic E-state index is 11.8. The Morgan fingerprint density at radius 2 is 2.00 bits per heavy atom. The molecule has 0 fully saturated rings. The van der Waals surface area contributed by atoms with Crippen molar-refractivity contribution in [2.75, 3.05) is 5.32 Å². The first kappa shape index (κ1) is 15.0. The summed E-state index contributed by atoms with van der Waals surface area (Å²) in [6.45, 7) is 3.88. The summed E-state index contributed by atoms with van der Waals surface area (Å²) in [5.74, 6) is -1.52. The van der Waals surface area contributed by atoms with Crippen molar-refractivity contribution in [3.05, 3.63) is 23.8 Å². The molecule has 6 nitrogen and oxygen atoms in total.